The van der Waals surface area contributed by atoms with Gasteiger partial charge >= 0.3 is 0 Å². The Kier molecular flexibility index (Phi) is 28.9. The molecular weight excluding hydrogens is 446 g/mol. The van der Waals surface area contributed by atoms with E-state index in [0.717, 1.165) is 0 Å². The van der Waals surface area contributed by atoms with E-state index >= 15 is 0 Å². The van der Waals surface area contributed by atoms with Gasteiger partial charge in [0.25, 0.3) is 0 Å². The van der Waals surface area contributed by atoms with Crippen LogP contribution in [0.15, 0.2) is 0 Å². The Morgan fingerprint density at radius 1 is 0.378 bits per heavy atom. The van der Waals surface area contributed by atoms with Crippen LogP contribution in [0.5, 0.6) is 0 Å². The maximum Gasteiger partial charge on any atom is 0.00902 e. The van der Waals surface area contributed by atoms with Gasteiger partial charge in [-0.2, -0.15) is 0 Å². The van der Waals surface area contributed by atoms with Crippen molar-refractivity contribution < 1.29 is 0 Å². The first-order valence-corrected chi connectivity index (χ1v) is 17.8. The maximum atomic E-state index is 6.65. The lowest BCUT2D eigenvalue weighted by Gasteiger charge is -2.32. The molecule has 0 rings (SSSR count). The summed E-state index contributed by atoms with van der Waals surface area (Å²) in [7, 11) is 0. The summed E-state index contributed by atoms with van der Waals surface area (Å²) in [6, 6.07) is 0.381. The summed E-state index contributed by atoms with van der Waals surface area (Å²) in [5.74, 6) is 0. The molecule has 1 atom stereocenters. The Hall–Kier alpha value is -0.0400. The summed E-state index contributed by atoms with van der Waals surface area (Å²) in [5, 5.41) is 0. The first-order chi connectivity index (χ1) is 18.0. The molecule has 0 aliphatic carbocycles. The number of nitrogens with two attached hydrogens (primary N) is 1. The van der Waals surface area contributed by atoms with Gasteiger partial charge in [-0.05, 0) is 18.3 Å². The minimum atomic E-state index is 0.313. The summed E-state index contributed by atoms with van der Waals surface area (Å²) in [6.07, 6.45) is 42.8. The summed E-state index contributed by atoms with van der Waals surface area (Å²) < 4.78 is 0. The standard InChI is InChI=1S/C36H75N/c1-5-7-9-11-13-15-17-19-20-21-23-25-27-29-31-33-35(37)36(3,4)34-32-30-28-26-24-22-18-16-14-12-10-8-6-2/h35H,5-34,37H2,1-4H3. The first kappa shape index (κ1) is 37.0. The minimum absolute atomic E-state index is 0.313. The van der Waals surface area contributed by atoms with Crippen molar-refractivity contribution in [3.63, 3.8) is 0 Å². The molecule has 0 spiro atoms. The Morgan fingerprint density at radius 3 is 0.919 bits per heavy atom. The van der Waals surface area contributed by atoms with Gasteiger partial charge in [0.1, 0.15) is 0 Å². The average Bonchev–Trinajstić information content (AvgIpc) is 2.88. The minimum Gasteiger partial charge on any atom is -0.327 e. The van der Waals surface area contributed by atoms with Gasteiger partial charge in [0.05, 0.1) is 0 Å². The average molecular weight is 522 g/mol. The predicted molar refractivity (Wildman–Crippen MR) is 172 cm³/mol. The van der Waals surface area contributed by atoms with Gasteiger partial charge < -0.3 is 5.73 Å². The Balaban J connectivity index is 3.41. The summed E-state index contributed by atoms with van der Waals surface area (Å²) >= 11 is 0. The zero-order valence-electron chi connectivity index (χ0n) is 26.9. The summed E-state index contributed by atoms with van der Waals surface area (Å²) in [5.41, 5.74) is 6.97. The van der Waals surface area contributed by atoms with Crippen molar-refractivity contribution in [2.75, 3.05) is 0 Å². The molecule has 0 aliphatic rings. The van der Waals surface area contributed by atoms with Gasteiger partial charge in [-0.3, -0.25) is 0 Å². The smallest absolute Gasteiger partial charge is 0.00902 e. The van der Waals surface area contributed by atoms with Crippen LogP contribution in [0.3, 0.4) is 0 Å². The van der Waals surface area contributed by atoms with Crippen molar-refractivity contribution in [3.05, 3.63) is 0 Å². The molecule has 0 aromatic rings. The highest BCUT2D eigenvalue weighted by molar-refractivity contribution is 4.81. The van der Waals surface area contributed by atoms with Crippen LogP contribution in [-0.4, -0.2) is 6.04 Å². The Labute approximate surface area is 237 Å². The van der Waals surface area contributed by atoms with E-state index in [9.17, 15) is 0 Å². The van der Waals surface area contributed by atoms with Crippen LogP contribution in [0.1, 0.15) is 220 Å². The van der Waals surface area contributed by atoms with Crippen molar-refractivity contribution in [1.29, 1.82) is 0 Å². The zero-order valence-corrected chi connectivity index (χ0v) is 26.9. The van der Waals surface area contributed by atoms with Crippen LogP contribution in [0, 0.1) is 5.41 Å². The van der Waals surface area contributed by atoms with Gasteiger partial charge in [0, 0.05) is 6.04 Å². The van der Waals surface area contributed by atoms with Crippen LogP contribution in [0.2, 0.25) is 0 Å². The zero-order chi connectivity index (χ0) is 27.3. The van der Waals surface area contributed by atoms with Crippen LogP contribution in [-0.2, 0) is 0 Å². The molecule has 1 unspecified atom stereocenters. The molecule has 0 radical (unpaired) electrons. The van der Waals surface area contributed by atoms with Crippen molar-refractivity contribution in [2.24, 2.45) is 11.1 Å². The monoisotopic (exact) mass is 522 g/mol. The third kappa shape index (κ3) is 27.3. The van der Waals surface area contributed by atoms with E-state index in [4.69, 9.17) is 5.73 Å². The third-order valence-corrected chi connectivity index (χ3v) is 9.05. The summed E-state index contributed by atoms with van der Waals surface area (Å²) in [4.78, 5) is 0. The number of rotatable bonds is 31. The molecule has 1 nitrogen and oxygen atoms in total. The molecule has 0 fully saturated rings. The quantitative estimate of drug-likeness (QED) is 0.0901. The molecule has 37 heavy (non-hydrogen) atoms. The second-order valence-corrected chi connectivity index (χ2v) is 13.3. The lowest BCUT2D eigenvalue weighted by Crippen LogP contribution is -2.37. The lowest BCUT2D eigenvalue weighted by molar-refractivity contribution is 0.238. The fraction of sp³-hybridized carbons (Fsp3) is 1.00. The van der Waals surface area contributed by atoms with Crippen LogP contribution >= 0.6 is 0 Å². The Morgan fingerprint density at radius 2 is 0.622 bits per heavy atom. The number of hydrogen-bond donors (Lipinski definition) is 1. The lowest BCUT2D eigenvalue weighted by atomic mass is 9.78. The van der Waals surface area contributed by atoms with E-state index in [1.807, 2.05) is 0 Å². The topological polar surface area (TPSA) is 26.0 Å². The van der Waals surface area contributed by atoms with Gasteiger partial charge in [0.15, 0.2) is 0 Å². The van der Waals surface area contributed by atoms with Gasteiger partial charge in [-0.15, -0.1) is 0 Å². The van der Waals surface area contributed by atoms with Gasteiger partial charge in [-0.1, -0.05) is 207 Å². The second-order valence-electron chi connectivity index (χ2n) is 13.3. The van der Waals surface area contributed by atoms with E-state index in [1.54, 1.807) is 0 Å². The predicted octanol–water partition coefficient (Wildman–Crippen LogP) is 13.1. The molecule has 1 heteroatoms. The fourth-order valence-corrected chi connectivity index (χ4v) is 5.91. The van der Waals surface area contributed by atoms with Crippen LogP contribution in [0.25, 0.3) is 0 Å². The molecule has 0 aromatic heterocycles. The van der Waals surface area contributed by atoms with E-state index in [0.29, 0.717) is 11.5 Å². The fourth-order valence-electron chi connectivity index (χ4n) is 5.91. The highest BCUT2D eigenvalue weighted by Gasteiger charge is 2.25. The number of hydrogen-bond acceptors (Lipinski definition) is 1. The maximum absolute atomic E-state index is 6.65. The Bertz CT molecular complexity index is 415. The van der Waals surface area contributed by atoms with Crippen LogP contribution < -0.4 is 5.73 Å². The molecule has 0 saturated heterocycles. The molecule has 0 aliphatic heterocycles. The SMILES string of the molecule is CCCCCCCCCCCCCCCCCC(N)C(C)(C)CCCCCCCCCCCCCCC. The molecule has 224 valence electrons. The summed E-state index contributed by atoms with van der Waals surface area (Å²) in [6.45, 7) is 9.45. The van der Waals surface area contributed by atoms with Crippen molar-refractivity contribution >= 4 is 0 Å². The first-order valence-electron chi connectivity index (χ1n) is 17.8. The highest BCUT2D eigenvalue weighted by atomic mass is 14.7. The molecule has 0 heterocycles. The van der Waals surface area contributed by atoms with Crippen molar-refractivity contribution in [3.8, 4) is 0 Å². The third-order valence-electron chi connectivity index (χ3n) is 9.05. The second kappa shape index (κ2) is 29.0. The molecule has 0 aromatic carbocycles. The largest absolute Gasteiger partial charge is 0.327 e. The number of unbranched alkanes of at least 4 members (excludes halogenated alkanes) is 26. The van der Waals surface area contributed by atoms with Crippen LogP contribution in [0.4, 0.5) is 0 Å². The normalized spacial score (nSPS) is 12.9. The molecular formula is C36H75N. The van der Waals surface area contributed by atoms with E-state index in [2.05, 4.69) is 27.7 Å². The van der Waals surface area contributed by atoms with Crippen molar-refractivity contribution in [2.45, 2.75) is 226 Å². The molecule has 0 bridgehead atoms. The van der Waals surface area contributed by atoms with Gasteiger partial charge in [0.2, 0.25) is 0 Å². The van der Waals surface area contributed by atoms with E-state index in [1.165, 1.54) is 193 Å². The van der Waals surface area contributed by atoms with Gasteiger partial charge in [-0.25, -0.2) is 0 Å². The van der Waals surface area contributed by atoms with E-state index in [-0.39, 0.29) is 0 Å². The molecule has 0 saturated carbocycles. The van der Waals surface area contributed by atoms with E-state index < -0.39 is 0 Å². The highest BCUT2D eigenvalue weighted by Crippen LogP contribution is 2.30. The molecule has 2 N–H and O–H groups in total. The molecule has 0 amide bonds. The van der Waals surface area contributed by atoms with Crippen molar-refractivity contribution in [1.82, 2.24) is 0 Å².